The highest BCUT2D eigenvalue weighted by Crippen LogP contribution is 2.18. The lowest BCUT2D eigenvalue weighted by Gasteiger charge is -2.14. The Kier molecular flexibility index (Phi) is 3.19. The Labute approximate surface area is 94.3 Å². The second kappa shape index (κ2) is 4.79. The van der Waals surface area contributed by atoms with Gasteiger partial charge in [-0.2, -0.15) is 0 Å². The van der Waals surface area contributed by atoms with Crippen LogP contribution in [0.2, 0.25) is 0 Å². The van der Waals surface area contributed by atoms with Crippen molar-refractivity contribution in [1.82, 2.24) is 4.90 Å². The summed E-state index contributed by atoms with van der Waals surface area (Å²) < 4.78 is 0. The fraction of sp³-hybridized carbons (Fsp3) is 0.333. The molecule has 1 atom stereocenters. The maximum Gasteiger partial charge on any atom is 0.286 e. The van der Waals surface area contributed by atoms with Gasteiger partial charge in [-0.1, -0.05) is 30.3 Å². The van der Waals surface area contributed by atoms with Gasteiger partial charge in [0, 0.05) is 24.1 Å². The first-order valence-corrected chi connectivity index (χ1v) is 5.40. The van der Waals surface area contributed by atoms with Gasteiger partial charge in [0.05, 0.1) is 0 Å². The number of likely N-dealkylation sites (tertiary alicyclic amines) is 1. The molecule has 16 heavy (non-hydrogen) atoms. The molecule has 0 spiro atoms. The molecule has 1 aromatic rings. The van der Waals surface area contributed by atoms with Gasteiger partial charge < -0.3 is 4.90 Å². The van der Waals surface area contributed by atoms with Crippen molar-refractivity contribution in [2.24, 2.45) is 0 Å². The number of rotatable bonds is 3. The normalized spacial score (nSPS) is 20.5. The van der Waals surface area contributed by atoms with E-state index < -0.39 is 6.17 Å². The molecule has 0 N–H and O–H groups in total. The quantitative estimate of drug-likeness (QED) is 0.578. The Morgan fingerprint density at radius 2 is 2.12 bits per heavy atom. The molecule has 4 heteroatoms. The number of nitro groups is 1. The van der Waals surface area contributed by atoms with Crippen LogP contribution in [0.1, 0.15) is 18.4 Å². The van der Waals surface area contributed by atoms with Crippen molar-refractivity contribution in [3.63, 3.8) is 0 Å². The molecule has 0 radical (unpaired) electrons. The topological polar surface area (TPSA) is 46.4 Å². The van der Waals surface area contributed by atoms with Gasteiger partial charge in [0.25, 0.3) is 6.17 Å². The van der Waals surface area contributed by atoms with Crippen molar-refractivity contribution < 1.29 is 4.92 Å². The van der Waals surface area contributed by atoms with Gasteiger partial charge in [-0.3, -0.25) is 10.1 Å². The summed E-state index contributed by atoms with van der Waals surface area (Å²) in [6.45, 7) is 0.773. The summed E-state index contributed by atoms with van der Waals surface area (Å²) in [6.07, 6.45) is 4.74. The summed E-state index contributed by atoms with van der Waals surface area (Å²) >= 11 is 0. The van der Waals surface area contributed by atoms with Gasteiger partial charge in [-0.15, -0.1) is 0 Å². The van der Waals surface area contributed by atoms with Crippen LogP contribution in [0, 0.1) is 10.1 Å². The molecule has 0 aliphatic carbocycles. The summed E-state index contributed by atoms with van der Waals surface area (Å²) in [5, 5.41) is 10.8. The second-order valence-corrected chi connectivity index (χ2v) is 3.87. The monoisotopic (exact) mass is 218 g/mol. The van der Waals surface area contributed by atoms with Crippen LogP contribution in [-0.4, -0.2) is 22.5 Å². The first-order chi connectivity index (χ1) is 7.77. The van der Waals surface area contributed by atoms with Gasteiger partial charge >= 0.3 is 0 Å². The van der Waals surface area contributed by atoms with E-state index in [9.17, 15) is 10.1 Å². The highest BCUT2D eigenvalue weighted by Gasteiger charge is 2.30. The largest absolute Gasteiger partial charge is 0.317 e. The molecule has 0 saturated carbocycles. The van der Waals surface area contributed by atoms with Gasteiger partial charge in [-0.05, 0) is 18.1 Å². The van der Waals surface area contributed by atoms with Crippen molar-refractivity contribution in [3.05, 3.63) is 52.2 Å². The zero-order chi connectivity index (χ0) is 11.4. The molecule has 1 saturated heterocycles. The fourth-order valence-corrected chi connectivity index (χ4v) is 1.92. The van der Waals surface area contributed by atoms with Gasteiger partial charge in [0.1, 0.15) is 0 Å². The third-order valence-corrected chi connectivity index (χ3v) is 2.76. The van der Waals surface area contributed by atoms with Crippen LogP contribution in [0.5, 0.6) is 0 Å². The van der Waals surface area contributed by atoms with Gasteiger partial charge in [0.2, 0.25) is 0 Å². The highest BCUT2D eigenvalue weighted by atomic mass is 16.6. The Hall–Kier alpha value is -1.84. The van der Waals surface area contributed by atoms with E-state index in [1.807, 2.05) is 42.6 Å². The Bertz CT molecular complexity index is 389. The predicted molar refractivity (Wildman–Crippen MR) is 62.2 cm³/mol. The summed E-state index contributed by atoms with van der Waals surface area (Å²) in [4.78, 5) is 12.3. The Morgan fingerprint density at radius 1 is 1.38 bits per heavy atom. The highest BCUT2D eigenvalue weighted by molar-refractivity contribution is 5.48. The summed E-state index contributed by atoms with van der Waals surface area (Å²) in [7, 11) is 0. The lowest BCUT2D eigenvalue weighted by Crippen LogP contribution is -2.31. The molecule has 84 valence electrons. The van der Waals surface area contributed by atoms with Crippen LogP contribution in [0.3, 0.4) is 0 Å². The fourth-order valence-electron chi connectivity index (χ4n) is 1.92. The molecule has 1 heterocycles. The molecule has 1 aromatic carbocycles. The third-order valence-electron chi connectivity index (χ3n) is 2.76. The van der Waals surface area contributed by atoms with Crippen LogP contribution in [0.15, 0.2) is 36.5 Å². The van der Waals surface area contributed by atoms with Gasteiger partial charge in [-0.25, -0.2) is 0 Å². The van der Waals surface area contributed by atoms with Crippen LogP contribution >= 0.6 is 0 Å². The van der Waals surface area contributed by atoms with E-state index in [2.05, 4.69) is 0 Å². The summed E-state index contributed by atoms with van der Waals surface area (Å²) in [6, 6.07) is 9.82. The first-order valence-electron chi connectivity index (χ1n) is 5.40. The molecular weight excluding hydrogens is 204 g/mol. The molecule has 2 rings (SSSR count). The molecule has 0 aromatic heterocycles. The molecule has 4 nitrogen and oxygen atoms in total. The van der Waals surface area contributed by atoms with E-state index in [-0.39, 0.29) is 4.92 Å². The standard InChI is InChI=1S/C12H14N2O2/c15-14(16)12-7-4-9-13(12)10-8-11-5-2-1-3-6-11/h1-3,5-6,8,10,12H,4,7,9H2. The van der Waals surface area contributed by atoms with Gasteiger partial charge in [0.15, 0.2) is 0 Å². The molecule has 0 amide bonds. The smallest absolute Gasteiger partial charge is 0.286 e. The number of benzene rings is 1. The van der Waals surface area contributed by atoms with Crippen LogP contribution < -0.4 is 0 Å². The maximum absolute atomic E-state index is 10.8. The molecule has 1 aliphatic rings. The third kappa shape index (κ3) is 2.39. The van der Waals surface area contributed by atoms with Crippen LogP contribution in [-0.2, 0) is 0 Å². The van der Waals surface area contributed by atoms with E-state index in [0.717, 1.165) is 18.5 Å². The zero-order valence-electron chi connectivity index (χ0n) is 8.95. The van der Waals surface area contributed by atoms with E-state index in [4.69, 9.17) is 0 Å². The minimum absolute atomic E-state index is 0.206. The molecule has 0 bridgehead atoms. The average molecular weight is 218 g/mol. The van der Waals surface area contributed by atoms with Crippen molar-refractivity contribution in [2.45, 2.75) is 19.0 Å². The SMILES string of the molecule is O=[N+]([O-])C1CCCN1C=Cc1ccccc1. The Morgan fingerprint density at radius 3 is 2.81 bits per heavy atom. The molecule has 1 unspecified atom stereocenters. The summed E-state index contributed by atoms with van der Waals surface area (Å²) in [5.41, 5.74) is 1.07. The van der Waals surface area contributed by atoms with E-state index in [1.165, 1.54) is 0 Å². The summed E-state index contributed by atoms with van der Waals surface area (Å²) in [5.74, 6) is 0. The lowest BCUT2D eigenvalue weighted by molar-refractivity contribution is -0.542. The minimum atomic E-state index is -0.542. The van der Waals surface area contributed by atoms with E-state index in [0.29, 0.717) is 6.42 Å². The molecule has 1 fully saturated rings. The second-order valence-electron chi connectivity index (χ2n) is 3.87. The number of nitrogens with zero attached hydrogens (tertiary/aromatic N) is 2. The minimum Gasteiger partial charge on any atom is -0.317 e. The van der Waals surface area contributed by atoms with Crippen LogP contribution in [0.4, 0.5) is 0 Å². The van der Waals surface area contributed by atoms with Crippen LogP contribution in [0.25, 0.3) is 6.08 Å². The Balaban J connectivity index is 2.04. The van der Waals surface area contributed by atoms with Crippen molar-refractivity contribution >= 4 is 6.08 Å². The van der Waals surface area contributed by atoms with Crippen molar-refractivity contribution in [1.29, 1.82) is 0 Å². The maximum atomic E-state index is 10.8. The van der Waals surface area contributed by atoms with E-state index >= 15 is 0 Å². The lowest BCUT2D eigenvalue weighted by atomic mass is 10.2. The van der Waals surface area contributed by atoms with Crippen molar-refractivity contribution in [2.75, 3.05) is 6.54 Å². The predicted octanol–water partition coefficient (Wildman–Crippen LogP) is 2.36. The van der Waals surface area contributed by atoms with E-state index in [1.54, 1.807) is 4.90 Å². The first kappa shape index (κ1) is 10.7. The van der Waals surface area contributed by atoms with Crippen molar-refractivity contribution in [3.8, 4) is 0 Å². The average Bonchev–Trinajstić information content (AvgIpc) is 2.76. The molecular formula is C12H14N2O2. The molecule has 1 aliphatic heterocycles. The number of hydrogen-bond donors (Lipinski definition) is 0. The number of hydrogen-bond acceptors (Lipinski definition) is 3. The zero-order valence-corrected chi connectivity index (χ0v) is 8.95.